The highest BCUT2D eigenvalue weighted by Gasteiger charge is 2.13. The minimum absolute atomic E-state index is 0.200. The van der Waals surface area contributed by atoms with Crippen LogP contribution in [0.5, 0.6) is 0 Å². The number of benzene rings is 1. The van der Waals surface area contributed by atoms with Gasteiger partial charge in [0.05, 0.1) is 6.10 Å². The molecule has 0 aliphatic heterocycles. The molecule has 2 rings (SSSR count). The highest BCUT2D eigenvalue weighted by Crippen LogP contribution is 2.16. The average molecular weight is 364 g/mol. The van der Waals surface area contributed by atoms with E-state index in [9.17, 15) is 9.50 Å². The third kappa shape index (κ3) is 6.48. The zero-order valence-corrected chi connectivity index (χ0v) is 15.5. The van der Waals surface area contributed by atoms with Crippen LogP contribution < -0.4 is 10.6 Å². The fraction of sp³-hybridized carbons (Fsp3) is 0.421. The SMILES string of the molecule is CCNC(=NCC(C)Cc1cccs1)NCC(O)c1ccccc1F. The molecule has 0 aliphatic rings. The van der Waals surface area contributed by atoms with E-state index in [1.807, 2.05) is 6.92 Å². The predicted octanol–water partition coefficient (Wildman–Crippen LogP) is 3.35. The molecule has 1 aromatic carbocycles. The third-order valence-corrected chi connectivity index (χ3v) is 4.66. The first-order valence-corrected chi connectivity index (χ1v) is 9.45. The second kappa shape index (κ2) is 10.2. The number of nitrogens with zero attached hydrogens (tertiary/aromatic N) is 1. The van der Waals surface area contributed by atoms with Crippen molar-refractivity contribution < 1.29 is 9.50 Å². The molecule has 0 saturated carbocycles. The first-order chi connectivity index (χ1) is 12.1. The van der Waals surface area contributed by atoms with E-state index >= 15 is 0 Å². The van der Waals surface area contributed by atoms with Crippen molar-refractivity contribution in [3.63, 3.8) is 0 Å². The van der Waals surface area contributed by atoms with Gasteiger partial charge >= 0.3 is 0 Å². The summed E-state index contributed by atoms with van der Waals surface area (Å²) in [5.74, 6) is 0.657. The Balaban J connectivity index is 1.87. The van der Waals surface area contributed by atoms with E-state index in [0.717, 1.165) is 13.0 Å². The zero-order chi connectivity index (χ0) is 18.1. The first kappa shape index (κ1) is 19.4. The van der Waals surface area contributed by atoms with E-state index in [0.29, 0.717) is 18.4 Å². The van der Waals surface area contributed by atoms with Crippen LogP contribution in [0.25, 0.3) is 0 Å². The van der Waals surface area contributed by atoms with Gasteiger partial charge in [0.2, 0.25) is 0 Å². The number of hydrogen-bond acceptors (Lipinski definition) is 3. The molecule has 0 spiro atoms. The summed E-state index contributed by atoms with van der Waals surface area (Å²) in [7, 11) is 0. The molecule has 0 saturated heterocycles. The van der Waals surface area contributed by atoms with Crippen molar-refractivity contribution in [2.45, 2.75) is 26.4 Å². The van der Waals surface area contributed by atoms with E-state index < -0.39 is 11.9 Å². The lowest BCUT2D eigenvalue weighted by Gasteiger charge is -2.16. The Labute approximate surface area is 152 Å². The second-order valence-corrected chi connectivity index (χ2v) is 7.06. The minimum Gasteiger partial charge on any atom is -0.386 e. The Morgan fingerprint density at radius 2 is 2.04 bits per heavy atom. The fourth-order valence-corrected chi connectivity index (χ4v) is 3.34. The molecule has 0 bridgehead atoms. The van der Waals surface area contributed by atoms with Gasteiger partial charge in [-0.1, -0.05) is 31.2 Å². The van der Waals surface area contributed by atoms with E-state index in [1.54, 1.807) is 29.5 Å². The van der Waals surface area contributed by atoms with Gasteiger partial charge in [-0.3, -0.25) is 4.99 Å². The zero-order valence-electron chi connectivity index (χ0n) is 14.7. The average Bonchev–Trinajstić information content (AvgIpc) is 3.10. The molecule has 2 aromatic rings. The summed E-state index contributed by atoms with van der Waals surface area (Å²) in [6, 6.07) is 10.5. The Bertz CT molecular complexity index is 660. The quantitative estimate of drug-likeness (QED) is 0.498. The number of aliphatic hydroxyl groups is 1. The van der Waals surface area contributed by atoms with Crippen molar-refractivity contribution in [3.8, 4) is 0 Å². The van der Waals surface area contributed by atoms with E-state index in [4.69, 9.17) is 0 Å². The van der Waals surface area contributed by atoms with E-state index in [-0.39, 0.29) is 12.1 Å². The molecule has 3 N–H and O–H groups in total. The Morgan fingerprint density at radius 3 is 2.72 bits per heavy atom. The highest BCUT2D eigenvalue weighted by molar-refractivity contribution is 7.09. The Kier molecular flexibility index (Phi) is 7.88. The van der Waals surface area contributed by atoms with Crippen LogP contribution in [0.1, 0.15) is 30.4 Å². The summed E-state index contributed by atoms with van der Waals surface area (Å²) >= 11 is 1.76. The summed E-state index contributed by atoms with van der Waals surface area (Å²) in [5.41, 5.74) is 0.289. The van der Waals surface area contributed by atoms with Gasteiger partial charge in [-0.2, -0.15) is 0 Å². The number of aliphatic imine (C=N–C) groups is 1. The van der Waals surface area contributed by atoms with Crippen LogP contribution in [0.15, 0.2) is 46.8 Å². The normalized spacial score (nSPS) is 14.2. The lowest BCUT2D eigenvalue weighted by atomic mass is 10.1. The van der Waals surface area contributed by atoms with Crippen LogP contribution in [0.3, 0.4) is 0 Å². The van der Waals surface area contributed by atoms with Gasteiger partial charge < -0.3 is 15.7 Å². The minimum atomic E-state index is -0.923. The number of thiophene rings is 1. The molecule has 0 aliphatic carbocycles. The molecular formula is C19H26FN3OS. The molecule has 0 radical (unpaired) electrons. The van der Waals surface area contributed by atoms with Crippen molar-refractivity contribution in [1.29, 1.82) is 0 Å². The van der Waals surface area contributed by atoms with Crippen LogP contribution in [0.2, 0.25) is 0 Å². The second-order valence-electron chi connectivity index (χ2n) is 6.03. The van der Waals surface area contributed by atoms with Gasteiger partial charge in [-0.15, -0.1) is 11.3 Å². The van der Waals surface area contributed by atoms with E-state index in [1.165, 1.54) is 10.9 Å². The highest BCUT2D eigenvalue weighted by atomic mass is 32.1. The lowest BCUT2D eigenvalue weighted by Crippen LogP contribution is -2.39. The molecule has 25 heavy (non-hydrogen) atoms. The van der Waals surface area contributed by atoms with Crippen molar-refractivity contribution in [3.05, 3.63) is 58.0 Å². The smallest absolute Gasteiger partial charge is 0.191 e. The maximum Gasteiger partial charge on any atom is 0.191 e. The van der Waals surface area contributed by atoms with Crippen LogP contribution in [0, 0.1) is 11.7 Å². The molecule has 4 nitrogen and oxygen atoms in total. The molecule has 136 valence electrons. The number of aliphatic hydroxyl groups excluding tert-OH is 1. The molecule has 0 fully saturated rings. The number of guanidine groups is 1. The Hall–Kier alpha value is -1.92. The summed E-state index contributed by atoms with van der Waals surface area (Å²) in [6.07, 6.45) is 0.0758. The third-order valence-electron chi connectivity index (χ3n) is 3.76. The van der Waals surface area contributed by atoms with Crippen molar-refractivity contribution >= 4 is 17.3 Å². The molecule has 2 atom stereocenters. The van der Waals surface area contributed by atoms with Crippen LogP contribution in [-0.4, -0.2) is 30.7 Å². The standard InChI is InChI=1S/C19H26FN3OS/c1-3-21-19(22-12-14(2)11-15-7-6-10-25-15)23-13-18(24)16-8-4-5-9-17(16)20/h4-10,14,18,24H,3,11-13H2,1-2H3,(H2,21,22,23). The summed E-state index contributed by atoms with van der Waals surface area (Å²) in [4.78, 5) is 5.93. The maximum absolute atomic E-state index is 13.7. The summed E-state index contributed by atoms with van der Waals surface area (Å²) < 4.78 is 13.7. The van der Waals surface area contributed by atoms with Gasteiger partial charge in [0, 0.05) is 30.1 Å². The van der Waals surface area contributed by atoms with Crippen LogP contribution in [-0.2, 0) is 6.42 Å². The van der Waals surface area contributed by atoms with Crippen molar-refractivity contribution in [1.82, 2.24) is 10.6 Å². The summed E-state index contributed by atoms with van der Waals surface area (Å²) in [6.45, 7) is 5.76. The first-order valence-electron chi connectivity index (χ1n) is 8.57. The number of hydrogen-bond donors (Lipinski definition) is 3. The molecule has 2 unspecified atom stereocenters. The van der Waals surface area contributed by atoms with Crippen molar-refractivity contribution in [2.24, 2.45) is 10.9 Å². The van der Waals surface area contributed by atoms with Gasteiger partial charge in [0.15, 0.2) is 5.96 Å². The topological polar surface area (TPSA) is 56.7 Å². The molecule has 0 amide bonds. The van der Waals surface area contributed by atoms with Gasteiger partial charge in [0.25, 0.3) is 0 Å². The van der Waals surface area contributed by atoms with Gasteiger partial charge in [-0.25, -0.2) is 4.39 Å². The van der Waals surface area contributed by atoms with Gasteiger partial charge in [0.1, 0.15) is 5.82 Å². The number of halogens is 1. The number of nitrogens with one attached hydrogen (secondary N) is 2. The Morgan fingerprint density at radius 1 is 1.24 bits per heavy atom. The van der Waals surface area contributed by atoms with Crippen LogP contribution >= 0.6 is 11.3 Å². The fourth-order valence-electron chi connectivity index (χ4n) is 2.47. The monoisotopic (exact) mass is 363 g/mol. The molecule has 6 heteroatoms. The largest absolute Gasteiger partial charge is 0.386 e. The van der Waals surface area contributed by atoms with Crippen LogP contribution in [0.4, 0.5) is 4.39 Å². The number of rotatable bonds is 8. The maximum atomic E-state index is 13.7. The summed E-state index contributed by atoms with van der Waals surface area (Å²) in [5, 5.41) is 18.5. The molecule has 1 aromatic heterocycles. The van der Waals surface area contributed by atoms with Gasteiger partial charge in [-0.05, 0) is 36.8 Å². The molecular weight excluding hydrogens is 337 g/mol. The van der Waals surface area contributed by atoms with E-state index in [2.05, 4.69) is 40.1 Å². The lowest BCUT2D eigenvalue weighted by molar-refractivity contribution is 0.176. The predicted molar refractivity (Wildman–Crippen MR) is 103 cm³/mol. The molecule has 1 heterocycles. The van der Waals surface area contributed by atoms with Crippen molar-refractivity contribution in [2.75, 3.05) is 19.6 Å².